The van der Waals surface area contributed by atoms with E-state index in [1.165, 1.54) is 19.3 Å². The molecule has 1 fully saturated rings. The Bertz CT molecular complexity index is 173. The lowest BCUT2D eigenvalue weighted by molar-refractivity contribution is 0.0333. The van der Waals surface area contributed by atoms with Crippen molar-refractivity contribution in [3.63, 3.8) is 0 Å². The Labute approximate surface area is 97.5 Å². The second kappa shape index (κ2) is 6.12. The maximum atomic E-state index is 10.3. The van der Waals surface area contributed by atoms with Crippen molar-refractivity contribution >= 4 is 11.8 Å². The van der Waals surface area contributed by atoms with E-state index in [0.29, 0.717) is 0 Å². The maximum Gasteiger partial charge on any atom is 0.0734 e. The van der Waals surface area contributed by atoms with Crippen LogP contribution in [-0.4, -0.2) is 33.4 Å². The van der Waals surface area contributed by atoms with Crippen molar-refractivity contribution in [2.24, 2.45) is 5.92 Å². The summed E-state index contributed by atoms with van der Waals surface area (Å²) < 4.78 is 0.0230. The molecule has 2 nitrogen and oxygen atoms in total. The molecule has 90 valence electrons. The molecule has 0 aromatic rings. The molecule has 0 spiro atoms. The van der Waals surface area contributed by atoms with Crippen LogP contribution in [-0.2, 0) is 0 Å². The predicted molar refractivity (Wildman–Crippen MR) is 66.2 cm³/mol. The molecule has 0 heterocycles. The minimum atomic E-state index is -0.354. The number of thioether (sulfide) groups is 1. The minimum absolute atomic E-state index is 0.00199. The first-order chi connectivity index (χ1) is 7.16. The standard InChI is InChI=1S/C12H24O2S/c1-3-15-12(7-5-4-6-8-12)11(14)10(2)9-13/h10-11,13-14H,3-9H2,1-2H3/t10-,11-/m1/s1. The van der Waals surface area contributed by atoms with Crippen LogP contribution < -0.4 is 0 Å². The van der Waals surface area contributed by atoms with E-state index in [0.717, 1.165) is 18.6 Å². The predicted octanol–water partition coefficient (Wildman–Crippen LogP) is 2.43. The van der Waals surface area contributed by atoms with Crippen LogP contribution in [0.5, 0.6) is 0 Å². The van der Waals surface area contributed by atoms with Crippen LogP contribution in [0.3, 0.4) is 0 Å². The number of hydrogen-bond donors (Lipinski definition) is 2. The topological polar surface area (TPSA) is 40.5 Å². The summed E-state index contributed by atoms with van der Waals surface area (Å²) in [4.78, 5) is 0. The zero-order valence-electron chi connectivity index (χ0n) is 9.91. The number of rotatable bonds is 5. The number of hydrogen-bond acceptors (Lipinski definition) is 3. The second-order valence-electron chi connectivity index (χ2n) is 4.66. The molecule has 0 bridgehead atoms. The minimum Gasteiger partial charge on any atom is -0.396 e. The van der Waals surface area contributed by atoms with Crippen LogP contribution in [0.1, 0.15) is 46.0 Å². The van der Waals surface area contributed by atoms with Crippen molar-refractivity contribution < 1.29 is 10.2 Å². The highest BCUT2D eigenvalue weighted by molar-refractivity contribution is 8.00. The molecule has 3 heteroatoms. The molecular weight excluding hydrogens is 208 g/mol. The summed E-state index contributed by atoms with van der Waals surface area (Å²) in [5.74, 6) is 1.05. The van der Waals surface area contributed by atoms with Gasteiger partial charge in [0.25, 0.3) is 0 Å². The molecule has 0 aromatic heterocycles. The van der Waals surface area contributed by atoms with Gasteiger partial charge in [0, 0.05) is 17.3 Å². The van der Waals surface area contributed by atoms with E-state index in [9.17, 15) is 5.11 Å². The molecule has 1 rings (SSSR count). The average Bonchev–Trinajstić information content (AvgIpc) is 2.28. The van der Waals surface area contributed by atoms with Gasteiger partial charge in [-0.3, -0.25) is 0 Å². The van der Waals surface area contributed by atoms with Gasteiger partial charge < -0.3 is 10.2 Å². The van der Waals surface area contributed by atoms with Crippen molar-refractivity contribution in [2.45, 2.75) is 56.8 Å². The van der Waals surface area contributed by atoms with Crippen LogP contribution in [0, 0.1) is 5.92 Å². The van der Waals surface area contributed by atoms with Gasteiger partial charge in [0.2, 0.25) is 0 Å². The first-order valence-electron chi connectivity index (χ1n) is 6.09. The van der Waals surface area contributed by atoms with Gasteiger partial charge in [-0.2, -0.15) is 11.8 Å². The molecule has 0 unspecified atom stereocenters. The Morgan fingerprint density at radius 1 is 1.27 bits per heavy atom. The Hall–Kier alpha value is 0.270. The second-order valence-corrected chi connectivity index (χ2v) is 6.34. The molecule has 1 aliphatic rings. The van der Waals surface area contributed by atoms with Crippen LogP contribution in [0.4, 0.5) is 0 Å². The third kappa shape index (κ3) is 3.11. The summed E-state index contributed by atoms with van der Waals surface area (Å²) in [6.45, 7) is 4.18. The van der Waals surface area contributed by atoms with E-state index in [4.69, 9.17) is 5.11 Å². The molecule has 2 N–H and O–H groups in total. The molecule has 15 heavy (non-hydrogen) atoms. The SMILES string of the molecule is CCSC1([C@H](O)[C@H](C)CO)CCCCC1. The van der Waals surface area contributed by atoms with Gasteiger partial charge in [-0.1, -0.05) is 33.1 Å². The van der Waals surface area contributed by atoms with E-state index in [2.05, 4.69) is 6.92 Å². The van der Waals surface area contributed by atoms with E-state index >= 15 is 0 Å². The van der Waals surface area contributed by atoms with Crippen LogP contribution in [0.2, 0.25) is 0 Å². The lowest BCUT2D eigenvalue weighted by atomic mass is 9.80. The molecule has 0 aromatic carbocycles. The van der Waals surface area contributed by atoms with Crippen molar-refractivity contribution in [3.05, 3.63) is 0 Å². The molecule has 1 aliphatic carbocycles. The van der Waals surface area contributed by atoms with Crippen LogP contribution in [0.15, 0.2) is 0 Å². The van der Waals surface area contributed by atoms with E-state index in [1.54, 1.807) is 0 Å². The molecule has 0 radical (unpaired) electrons. The summed E-state index contributed by atoms with van der Waals surface area (Å²) in [6.07, 6.45) is 5.61. The van der Waals surface area contributed by atoms with Gasteiger partial charge in [0.05, 0.1) is 6.10 Å². The summed E-state index contributed by atoms with van der Waals surface area (Å²) in [7, 11) is 0. The third-order valence-corrected chi connectivity index (χ3v) is 5.01. The lowest BCUT2D eigenvalue weighted by Gasteiger charge is -2.42. The molecule has 2 atom stereocenters. The van der Waals surface area contributed by atoms with Gasteiger partial charge in [-0.15, -0.1) is 0 Å². The normalized spacial score (nSPS) is 24.8. The van der Waals surface area contributed by atoms with Gasteiger partial charge in [0.15, 0.2) is 0 Å². The highest BCUT2D eigenvalue weighted by atomic mass is 32.2. The summed E-state index contributed by atoms with van der Waals surface area (Å²) in [5.41, 5.74) is 0. The third-order valence-electron chi connectivity index (χ3n) is 3.50. The lowest BCUT2D eigenvalue weighted by Crippen LogP contribution is -2.45. The molecule has 0 saturated heterocycles. The van der Waals surface area contributed by atoms with Crippen LogP contribution >= 0.6 is 11.8 Å². The first-order valence-corrected chi connectivity index (χ1v) is 7.07. The summed E-state index contributed by atoms with van der Waals surface area (Å²) in [6, 6.07) is 0. The van der Waals surface area contributed by atoms with Crippen molar-refractivity contribution in [1.29, 1.82) is 0 Å². The molecule has 1 saturated carbocycles. The molecule has 0 amide bonds. The van der Waals surface area contributed by atoms with Crippen molar-refractivity contribution in [2.75, 3.05) is 12.4 Å². The highest BCUT2D eigenvalue weighted by Gasteiger charge is 2.41. The monoisotopic (exact) mass is 232 g/mol. The van der Waals surface area contributed by atoms with Gasteiger partial charge >= 0.3 is 0 Å². The Kier molecular flexibility index (Phi) is 5.44. The largest absolute Gasteiger partial charge is 0.396 e. The number of aliphatic hydroxyl groups excluding tert-OH is 2. The number of aliphatic hydroxyl groups is 2. The van der Waals surface area contributed by atoms with E-state index in [1.807, 2.05) is 18.7 Å². The highest BCUT2D eigenvalue weighted by Crippen LogP contribution is 2.44. The first kappa shape index (κ1) is 13.3. The Balaban J connectivity index is 2.69. The maximum absolute atomic E-state index is 10.3. The zero-order chi connectivity index (χ0) is 11.3. The van der Waals surface area contributed by atoms with Gasteiger partial charge in [-0.05, 0) is 18.6 Å². The fraction of sp³-hybridized carbons (Fsp3) is 1.00. The smallest absolute Gasteiger partial charge is 0.0734 e. The average molecular weight is 232 g/mol. The molecular formula is C12H24O2S. The van der Waals surface area contributed by atoms with Crippen molar-refractivity contribution in [3.8, 4) is 0 Å². The van der Waals surface area contributed by atoms with Gasteiger partial charge in [-0.25, -0.2) is 0 Å². The quantitative estimate of drug-likeness (QED) is 0.765. The zero-order valence-corrected chi connectivity index (χ0v) is 10.7. The fourth-order valence-corrected chi connectivity index (χ4v) is 4.14. The fourth-order valence-electron chi connectivity index (χ4n) is 2.58. The van der Waals surface area contributed by atoms with Crippen molar-refractivity contribution in [1.82, 2.24) is 0 Å². The summed E-state index contributed by atoms with van der Waals surface area (Å²) >= 11 is 1.89. The van der Waals surface area contributed by atoms with Crippen LogP contribution in [0.25, 0.3) is 0 Å². The summed E-state index contributed by atoms with van der Waals surface area (Å²) in [5, 5.41) is 19.5. The van der Waals surface area contributed by atoms with E-state index < -0.39 is 0 Å². The van der Waals surface area contributed by atoms with E-state index in [-0.39, 0.29) is 23.4 Å². The molecule has 0 aliphatic heterocycles. The Morgan fingerprint density at radius 3 is 2.33 bits per heavy atom. The Morgan fingerprint density at radius 2 is 1.87 bits per heavy atom. The van der Waals surface area contributed by atoms with Gasteiger partial charge in [0.1, 0.15) is 0 Å².